The van der Waals surface area contributed by atoms with Crippen LogP contribution in [-0.2, 0) is 17.8 Å². The summed E-state index contributed by atoms with van der Waals surface area (Å²) in [6, 6.07) is 22.4. The topological polar surface area (TPSA) is 59.8 Å². The van der Waals surface area contributed by atoms with E-state index >= 15 is 0 Å². The van der Waals surface area contributed by atoms with Crippen molar-refractivity contribution in [1.29, 1.82) is 0 Å². The van der Waals surface area contributed by atoms with Crippen molar-refractivity contribution in [2.75, 3.05) is 5.32 Å². The van der Waals surface area contributed by atoms with Gasteiger partial charge in [-0.15, -0.1) is 0 Å². The minimum atomic E-state index is -0.0169. The van der Waals surface area contributed by atoms with E-state index in [-0.39, 0.29) is 5.91 Å². The van der Waals surface area contributed by atoms with Crippen molar-refractivity contribution < 1.29 is 4.79 Å². The Morgan fingerprint density at radius 3 is 2.48 bits per heavy atom. The number of benzene rings is 2. The molecule has 0 saturated carbocycles. The van der Waals surface area contributed by atoms with Crippen molar-refractivity contribution in [1.82, 2.24) is 14.8 Å². The van der Waals surface area contributed by atoms with Crippen molar-refractivity contribution in [3.05, 3.63) is 90.4 Å². The fraction of sp³-hybridized carbons (Fsp3) is 0.174. The van der Waals surface area contributed by atoms with Gasteiger partial charge in [-0.25, -0.2) is 4.98 Å². The zero-order valence-electron chi connectivity index (χ0n) is 16.0. The highest BCUT2D eigenvalue weighted by Crippen LogP contribution is 2.34. The van der Waals surface area contributed by atoms with E-state index in [2.05, 4.69) is 34.7 Å². The van der Waals surface area contributed by atoms with Crippen molar-refractivity contribution >= 4 is 22.4 Å². The van der Waals surface area contributed by atoms with Gasteiger partial charge >= 0.3 is 0 Å². The third-order valence-corrected chi connectivity index (χ3v) is 5.61. The zero-order chi connectivity index (χ0) is 19.9. The summed E-state index contributed by atoms with van der Waals surface area (Å²) in [5.41, 5.74) is 3.31. The largest absolute Gasteiger partial charge is 0.302 e. The predicted molar refractivity (Wildman–Crippen MR) is 117 cm³/mol. The first-order valence-corrected chi connectivity index (χ1v) is 10.5. The average molecular weight is 403 g/mol. The molecule has 1 amide bonds. The first-order chi connectivity index (χ1) is 14.3. The quantitative estimate of drug-likeness (QED) is 0.450. The van der Waals surface area contributed by atoms with Crippen LogP contribution in [0.25, 0.3) is 10.4 Å². The van der Waals surface area contributed by atoms with Crippen LogP contribution in [-0.4, -0.2) is 20.7 Å². The normalized spacial score (nSPS) is 10.8. The van der Waals surface area contributed by atoms with E-state index in [4.69, 9.17) is 4.98 Å². The molecule has 0 saturated heterocycles. The number of aromatic nitrogens is 3. The molecule has 0 aliphatic carbocycles. The summed E-state index contributed by atoms with van der Waals surface area (Å²) in [7, 11) is 0. The Bertz CT molecular complexity index is 1040. The van der Waals surface area contributed by atoms with Gasteiger partial charge < -0.3 is 5.32 Å². The Labute approximate surface area is 174 Å². The van der Waals surface area contributed by atoms with Crippen molar-refractivity contribution in [3.63, 3.8) is 0 Å². The molecule has 0 radical (unpaired) electrons. The molecule has 146 valence electrons. The molecule has 0 spiro atoms. The van der Waals surface area contributed by atoms with E-state index in [1.54, 1.807) is 6.20 Å². The predicted octanol–water partition coefficient (Wildman–Crippen LogP) is 5.02. The van der Waals surface area contributed by atoms with Crippen LogP contribution in [0.1, 0.15) is 24.1 Å². The Balaban J connectivity index is 1.47. The Kier molecular flexibility index (Phi) is 6.12. The minimum Gasteiger partial charge on any atom is -0.302 e. The number of carbonyl (C=O) groups excluding carboxylic acids is 1. The van der Waals surface area contributed by atoms with Gasteiger partial charge in [0.2, 0.25) is 5.91 Å². The molecule has 1 N–H and O–H groups in total. The van der Waals surface area contributed by atoms with Crippen molar-refractivity contribution in [2.45, 2.75) is 25.8 Å². The smallest absolute Gasteiger partial charge is 0.226 e. The SMILES string of the molecule is O=C(CCCn1cccn1)Nc1nc(Cc2ccccc2)c(-c2ccccc2)s1. The number of carbonyl (C=O) groups is 1. The molecule has 0 fully saturated rings. The highest BCUT2D eigenvalue weighted by atomic mass is 32.1. The fourth-order valence-electron chi connectivity index (χ4n) is 3.15. The lowest BCUT2D eigenvalue weighted by molar-refractivity contribution is -0.116. The zero-order valence-corrected chi connectivity index (χ0v) is 16.8. The molecule has 0 unspecified atom stereocenters. The van der Waals surface area contributed by atoms with Crippen LogP contribution < -0.4 is 5.32 Å². The van der Waals surface area contributed by atoms with E-state index in [1.807, 2.05) is 53.3 Å². The van der Waals surface area contributed by atoms with Crippen molar-refractivity contribution in [3.8, 4) is 10.4 Å². The first kappa shape index (κ1) is 19.1. The van der Waals surface area contributed by atoms with Gasteiger partial charge in [0, 0.05) is 31.8 Å². The number of rotatable bonds is 8. The monoisotopic (exact) mass is 402 g/mol. The second kappa shape index (κ2) is 9.30. The van der Waals surface area contributed by atoms with Crippen LogP contribution in [0.2, 0.25) is 0 Å². The second-order valence-electron chi connectivity index (χ2n) is 6.74. The molecule has 2 aromatic heterocycles. The average Bonchev–Trinajstić information content (AvgIpc) is 3.39. The summed E-state index contributed by atoms with van der Waals surface area (Å²) < 4.78 is 1.84. The van der Waals surface area contributed by atoms with Gasteiger partial charge in [0.15, 0.2) is 5.13 Å². The molecule has 0 bridgehead atoms. The summed E-state index contributed by atoms with van der Waals surface area (Å²) in [6.45, 7) is 0.729. The van der Waals surface area contributed by atoms with Crippen LogP contribution in [0.3, 0.4) is 0 Å². The number of hydrogen-bond acceptors (Lipinski definition) is 4. The number of amides is 1. The Morgan fingerprint density at radius 1 is 1.00 bits per heavy atom. The van der Waals surface area contributed by atoms with Gasteiger partial charge in [-0.2, -0.15) is 5.10 Å². The van der Waals surface area contributed by atoms with Crippen LogP contribution in [0, 0.1) is 0 Å². The third-order valence-electron chi connectivity index (χ3n) is 4.54. The number of hydrogen-bond donors (Lipinski definition) is 1. The number of anilines is 1. The molecule has 4 aromatic rings. The first-order valence-electron chi connectivity index (χ1n) is 9.64. The van der Waals surface area contributed by atoms with E-state index in [0.717, 1.165) is 35.5 Å². The van der Waals surface area contributed by atoms with Crippen molar-refractivity contribution in [2.24, 2.45) is 0 Å². The summed E-state index contributed by atoms with van der Waals surface area (Å²) in [5.74, 6) is -0.0169. The fourth-order valence-corrected chi connectivity index (χ4v) is 4.15. The lowest BCUT2D eigenvalue weighted by Crippen LogP contribution is -2.12. The molecule has 29 heavy (non-hydrogen) atoms. The molecule has 5 nitrogen and oxygen atoms in total. The van der Waals surface area contributed by atoms with Gasteiger partial charge in [0.05, 0.1) is 10.6 Å². The second-order valence-corrected chi connectivity index (χ2v) is 7.74. The minimum absolute atomic E-state index is 0.0169. The van der Waals surface area contributed by atoms with E-state index < -0.39 is 0 Å². The van der Waals surface area contributed by atoms with Crippen LogP contribution in [0.4, 0.5) is 5.13 Å². The maximum absolute atomic E-state index is 12.4. The molecular formula is C23H22N4OS. The highest BCUT2D eigenvalue weighted by molar-refractivity contribution is 7.19. The van der Waals surface area contributed by atoms with E-state index in [0.29, 0.717) is 11.6 Å². The molecular weight excluding hydrogens is 380 g/mol. The standard InChI is InChI=1S/C23H22N4OS/c28-21(13-7-15-27-16-8-14-24-27)26-23-25-20(17-18-9-3-1-4-10-18)22(29-23)19-11-5-2-6-12-19/h1-6,8-12,14,16H,7,13,15,17H2,(H,25,26,28). The molecule has 2 aromatic carbocycles. The molecule has 0 atom stereocenters. The summed E-state index contributed by atoms with van der Waals surface area (Å²) in [6.07, 6.45) is 5.56. The van der Waals surface area contributed by atoms with E-state index in [1.165, 1.54) is 16.9 Å². The van der Waals surface area contributed by atoms with Gasteiger partial charge in [-0.1, -0.05) is 72.0 Å². The maximum Gasteiger partial charge on any atom is 0.226 e. The third kappa shape index (κ3) is 5.18. The van der Waals surface area contributed by atoms with Gasteiger partial charge in [-0.05, 0) is 23.6 Å². The highest BCUT2D eigenvalue weighted by Gasteiger charge is 2.15. The lowest BCUT2D eigenvalue weighted by Gasteiger charge is -2.02. The summed E-state index contributed by atoms with van der Waals surface area (Å²) in [4.78, 5) is 18.2. The Morgan fingerprint density at radius 2 is 1.76 bits per heavy atom. The molecule has 0 aliphatic heterocycles. The van der Waals surface area contributed by atoms with Crippen LogP contribution in [0.5, 0.6) is 0 Å². The number of nitrogens with zero attached hydrogens (tertiary/aromatic N) is 3. The summed E-state index contributed by atoms with van der Waals surface area (Å²) in [5, 5.41) is 7.79. The molecule has 0 aliphatic rings. The van der Waals surface area contributed by atoms with Gasteiger partial charge in [0.25, 0.3) is 0 Å². The molecule has 4 rings (SSSR count). The van der Waals surface area contributed by atoms with Crippen LogP contribution in [0.15, 0.2) is 79.1 Å². The summed E-state index contributed by atoms with van der Waals surface area (Å²) >= 11 is 1.53. The number of aryl methyl sites for hydroxylation is 1. The van der Waals surface area contributed by atoms with Gasteiger partial charge in [0.1, 0.15) is 0 Å². The van der Waals surface area contributed by atoms with E-state index in [9.17, 15) is 4.79 Å². The Hall–Kier alpha value is -3.25. The maximum atomic E-state index is 12.4. The van der Waals surface area contributed by atoms with Crippen LogP contribution >= 0.6 is 11.3 Å². The number of thiazole rings is 1. The van der Waals surface area contributed by atoms with Gasteiger partial charge in [-0.3, -0.25) is 9.48 Å². The number of nitrogens with one attached hydrogen (secondary N) is 1. The molecule has 2 heterocycles. The molecule has 6 heteroatoms. The lowest BCUT2D eigenvalue weighted by atomic mass is 10.1.